The van der Waals surface area contributed by atoms with Crippen molar-refractivity contribution in [2.45, 2.75) is 55.5 Å². The van der Waals surface area contributed by atoms with Gasteiger partial charge < -0.3 is 0 Å². The van der Waals surface area contributed by atoms with Crippen molar-refractivity contribution < 1.29 is 0 Å². The van der Waals surface area contributed by atoms with Crippen molar-refractivity contribution >= 4 is 11.8 Å². The number of aromatic nitrogens is 4. The summed E-state index contributed by atoms with van der Waals surface area (Å²) >= 11 is 1.44. The van der Waals surface area contributed by atoms with Crippen LogP contribution in [0.2, 0.25) is 0 Å². The van der Waals surface area contributed by atoms with Crippen LogP contribution in [-0.2, 0) is 0 Å². The minimum Gasteiger partial charge on any atom is -0.217 e. The van der Waals surface area contributed by atoms with Crippen molar-refractivity contribution in [2.24, 2.45) is 0 Å². The molecule has 0 spiro atoms. The van der Waals surface area contributed by atoms with Crippen molar-refractivity contribution in [1.29, 1.82) is 5.26 Å². The lowest BCUT2D eigenvalue weighted by Crippen LogP contribution is -2.15. The van der Waals surface area contributed by atoms with Crippen LogP contribution >= 0.6 is 11.8 Å². The molecule has 1 saturated carbocycles. The molecule has 1 fully saturated rings. The van der Waals surface area contributed by atoms with Crippen molar-refractivity contribution in [3.63, 3.8) is 0 Å². The molecule has 6 heteroatoms. The second kappa shape index (κ2) is 5.30. The van der Waals surface area contributed by atoms with E-state index in [-0.39, 0.29) is 5.25 Å². The molecule has 0 bridgehead atoms. The fraction of sp³-hybridized carbons (Fsp3) is 0.800. The van der Waals surface area contributed by atoms with Gasteiger partial charge in [0.05, 0.1) is 17.4 Å². The molecule has 0 N–H and O–H groups in total. The minimum absolute atomic E-state index is 0.103. The first-order valence-corrected chi connectivity index (χ1v) is 6.53. The zero-order chi connectivity index (χ0) is 11.4. The summed E-state index contributed by atoms with van der Waals surface area (Å²) in [6, 6.07) is 2.62. The fourth-order valence-electron chi connectivity index (χ4n) is 2.00. The average molecular weight is 237 g/mol. The Hall–Kier alpha value is -1.09. The van der Waals surface area contributed by atoms with Crippen LogP contribution in [-0.4, -0.2) is 25.5 Å². The number of nitrogens with zero attached hydrogens (tertiary/aromatic N) is 5. The summed E-state index contributed by atoms with van der Waals surface area (Å²) in [5.41, 5.74) is 0. The highest BCUT2D eigenvalue weighted by atomic mass is 32.2. The largest absolute Gasteiger partial charge is 0.217 e. The number of hydrogen-bond acceptors (Lipinski definition) is 5. The Labute approximate surface area is 99.2 Å². The van der Waals surface area contributed by atoms with Crippen LogP contribution in [0, 0.1) is 11.3 Å². The Balaban J connectivity index is 2.09. The van der Waals surface area contributed by atoms with E-state index in [0.717, 1.165) is 18.0 Å². The van der Waals surface area contributed by atoms with Crippen LogP contribution in [0.25, 0.3) is 0 Å². The van der Waals surface area contributed by atoms with E-state index in [1.54, 1.807) is 0 Å². The molecule has 1 heterocycles. The molecule has 0 aliphatic heterocycles. The van der Waals surface area contributed by atoms with Gasteiger partial charge in [-0.3, -0.25) is 0 Å². The number of hydrogen-bond donors (Lipinski definition) is 0. The van der Waals surface area contributed by atoms with E-state index >= 15 is 0 Å². The molecule has 1 aliphatic carbocycles. The molecule has 5 nitrogen and oxygen atoms in total. The quantitative estimate of drug-likeness (QED) is 0.754. The molecular weight excluding hydrogens is 222 g/mol. The SMILES string of the molecule is CC(C#N)Sc1nnnn1C1CCCCC1. The standard InChI is InChI=1S/C10H15N5S/c1-8(7-11)16-10-12-13-14-15(10)9-5-3-2-4-6-9/h8-9H,2-6H2,1H3. The van der Waals surface area contributed by atoms with Crippen LogP contribution in [0.3, 0.4) is 0 Å². The van der Waals surface area contributed by atoms with Crippen LogP contribution < -0.4 is 0 Å². The first-order chi connectivity index (χ1) is 7.81. The second-order valence-corrected chi connectivity index (χ2v) is 5.39. The Morgan fingerprint density at radius 3 is 2.88 bits per heavy atom. The number of rotatable bonds is 3. The van der Waals surface area contributed by atoms with Crippen LogP contribution in [0.15, 0.2) is 5.16 Å². The van der Waals surface area contributed by atoms with Crippen LogP contribution in [0.1, 0.15) is 45.1 Å². The van der Waals surface area contributed by atoms with Gasteiger partial charge in [-0.25, -0.2) is 4.68 Å². The van der Waals surface area contributed by atoms with Crippen LogP contribution in [0.5, 0.6) is 0 Å². The van der Waals surface area contributed by atoms with Gasteiger partial charge in [0, 0.05) is 0 Å². The summed E-state index contributed by atoms with van der Waals surface area (Å²) in [5, 5.41) is 21.2. The lowest BCUT2D eigenvalue weighted by Gasteiger charge is -2.22. The number of tetrazole rings is 1. The summed E-state index contributed by atoms with van der Waals surface area (Å²) in [6.45, 7) is 1.87. The lowest BCUT2D eigenvalue weighted by molar-refractivity contribution is 0.307. The summed E-state index contributed by atoms with van der Waals surface area (Å²) < 4.78 is 1.90. The normalized spacial score (nSPS) is 19.2. The lowest BCUT2D eigenvalue weighted by atomic mass is 9.96. The molecule has 1 aromatic heterocycles. The minimum atomic E-state index is -0.103. The smallest absolute Gasteiger partial charge is 0.210 e. The first kappa shape index (κ1) is 11.4. The van der Waals surface area contributed by atoms with Crippen molar-refractivity contribution in [2.75, 3.05) is 0 Å². The molecule has 1 aromatic rings. The number of nitriles is 1. The van der Waals surface area contributed by atoms with Gasteiger partial charge in [0.15, 0.2) is 0 Å². The Morgan fingerprint density at radius 1 is 1.44 bits per heavy atom. The first-order valence-electron chi connectivity index (χ1n) is 5.65. The molecule has 1 unspecified atom stereocenters. The average Bonchev–Trinajstić information content (AvgIpc) is 2.78. The topological polar surface area (TPSA) is 67.4 Å². The van der Waals surface area contributed by atoms with Gasteiger partial charge in [-0.2, -0.15) is 5.26 Å². The molecular formula is C10H15N5S. The maximum atomic E-state index is 8.79. The molecule has 1 atom stereocenters. The second-order valence-electron chi connectivity index (χ2n) is 4.09. The Morgan fingerprint density at radius 2 is 2.19 bits per heavy atom. The predicted molar refractivity (Wildman–Crippen MR) is 60.9 cm³/mol. The molecule has 0 radical (unpaired) electrons. The van der Waals surface area contributed by atoms with Gasteiger partial charge in [-0.15, -0.1) is 5.10 Å². The summed E-state index contributed by atoms with van der Waals surface area (Å²) in [7, 11) is 0. The third kappa shape index (κ3) is 2.53. The highest BCUT2D eigenvalue weighted by Gasteiger charge is 2.21. The molecule has 86 valence electrons. The van der Waals surface area contributed by atoms with Gasteiger partial charge in [-0.1, -0.05) is 31.0 Å². The van der Waals surface area contributed by atoms with Gasteiger partial charge >= 0.3 is 0 Å². The third-order valence-corrected chi connectivity index (χ3v) is 3.79. The van der Waals surface area contributed by atoms with Crippen LogP contribution in [0.4, 0.5) is 0 Å². The summed E-state index contributed by atoms with van der Waals surface area (Å²) in [6.07, 6.45) is 6.12. The van der Waals surface area contributed by atoms with E-state index in [1.807, 2.05) is 11.6 Å². The van der Waals surface area contributed by atoms with Crippen molar-refractivity contribution in [1.82, 2.24) is 20.2 Å². The fourth-order valence-corrected chi connectivity index (χ4v) is 2.75. The van der Waals surface area contributed by atoms with E-state index in [4.69, 9.17) is 5.26 Å². The highest BCUT2D eigenvalue weighted by Crippen LogP contribution is 2.31. The van der Waals surface area contributed by atoms with Gasteiger partial charge in [0.1, 0.15) is 0 Å². The molecule has 0 amide bonds. The highest BCUT2D eigenvalue weighted by molar-refractivity contribution is 8.00. The Kier molecular flexibility index (Phi) is 3.78. The van der Waals surface area contributed by atoms with E-state index in [1.165, 1.54) is 31.0 Å². The monoisotopic (exact) mass is 237 g/mol. The predicted octanol–water partition coefficient (Wildman–Crippen LogP) is 2.18. The van der Waals surface area contributed by atoms with Crippen molar-refractivity contribution in [3.05, 3.63) is 0 Å². The Bertz CT molecular complexity index is 377. The molecule has 0 aromatic carbocycles. The van der Waals surface area contributed by atoms with E-state index in [9.17, 15) is 0 Å². The maximum absolute atomic E-state index is 8.79. The van der Waals surface area contributed by atoms with Gasteiger partial charge in [0.2, 0.25) is 5.16 Å². The summed E-state index contributed by atoms with van der Waals surface area (Å²) in [5.74, 6) is 0. The molecule has 0 saturated heterocycles. The van der Waals surface area contributed by atoms with E-state index < -0.39 is 0 Å². The molecule has 1 aliphatic rings. The molecule has 2 rings (SSSR count). The number of thioether (sulfide) groups is 1. The molecule has 16 heavy (non-hydrogen) atoms. The maximum Gasteiger partial charge on any atom is 0.210 e. The summed E-state index contributed by atoms with van der Waals surface area (Å²) in [4.78, 5) is 0. The van der Waals surface area contributed by atoms with E-state index in [2.05, 4.69) is 21.6 Å². The third-order valence-electron chi connectivity index (χ3n) is 2.85. The van der Waals surface area contributed by atoms with E-state index in [0.29, 0.717) is 6.04 Å². The zero-order valence-corrected chi connectivity index (χ0v) is 10.2. The van der Waals surface area contributed by atoms with Gasteiger partial charge in [-0.05, 0) is 30.2 Å². The van der Waals surface area contributed by atoms with Gasteiger partial charge in [0.25, 0.3) is 0 Å². The van der Waals surface area contributed by atoms with Crippen molar-refractivity contribution in [3.8, 4) is 6.07 Å². The zero-order valence-electron chi connectivity index (χ0n) is 9.33.